The Morgan fingerprint density at radius 2 is 1.67 bits per heavy atom. The Bertz CT molecular complexity index is 917. The first kappa shape index (κ1) is 27.9. The van der Waals surface area contributed by atoms with Gasteiger partial charge in [0.1, 0.15) is 6.04 Å². The Labute approximate surface area is 204 Å². The molecule has 7 nitrogen and oxygen atoms in total. The van der Waals surface area contributed by atoms with E-state index in [1.165, 1.54) is 0 Å². The highest BCUT2D eigenvalue weighted by molar-refractivity contribution is 5.81. The summed E-state index contributed by atoms with van der Waals surface area (Å²) in [6.45, 7) is 5.36. The smallest absolute Gasteiger partial charge is 0.434 e. The average molecular weight is 525 g/mol. The Balaban J connectivity index is 1.65. The van der Waals surface area contributed by atoms with E-state index in [1.807, 2.05) is 34.9 Å². The van der Waals surface area contributed by atoms with Crippen LogP contribution >= 0.6 is 0 Å². The summed E-state index contributed by atoms with van der Waals surface area (Å²) in [6, 6.07) is 5.45. The number of piperazine rings is 1. The molecule has 0 aliphatic carbocycles. The number of rotatable bonds is 6. The molecule has 36 heavy (non-hydrogen) atoms. The van der Waals surface area contributed by atoms with E-state index in [9.17, 15) is 35.9 Å². The number of carbonyl (C=O) groups is 2. The largest absolute Gasteiger partial charge is 0.464 e. The van der Waals surface area contributed by atoms with Gasteiger partial charge in [0.05, 0.1) is 6.61 Å². The number of aryl methyl sites for hydroxylation is 1. The fraction of sp³-hybridized carbons (Fsp3) is 0.652. The molecule has 0 spiro atoms. The molecule has 2 aliphatic rings. The topological polar surface area (TPSA) is 62.3 Å². The van der Waals surface area contributed by atoms with Gasteiger partial charge in [-0.1, -0.05) is 12.1 Å². The molecule has 2 fully saturated rings. The molecule has 0 aromatic heterocycles. The lowest BCUT2D eigenvalue weighted by Gasteiger charge is -2.36. The number of ether oxygens (including phenoxy) is 2. The lowest BCUT2D eigenvalue weighted by atomic mass is 10.1. The molecular weight excluding hydrogens is 496 g/mol. The summed E-state index contributed by atoms with van der Waals surface area (Å²) >= 11 is 0. The first-order valence-electron chi connectivity index (χ1n) is 11.7. The highest BCUT2D eigenvalue weighted by Crippen LogP contribution is 2.36. The Kier molecular flexibility index (Phi) is 8.63. The lowest BCUT2D eigenvalue weighted by molar-refractivity contribution is -0.308. The van der Waals surface area contributed by atoms with Crippen LogP contribution in [0.2, 0.25) is 0 Å². The molecule has 1 aromatic carbocycles. The molecule has 0 radical (unpaired) electrons. The zero-order valence-corrected chi connectivity index (χ0v) is 20.0. The SMILES string of the molecule is CCOC(=O)C1CCCN1c1cc(C)ccc1CN1CCN(C(=O)OC(C(F)(F)F)C(F)(F)F)CC1. The van der Waals surface area contributed by atoms with Crippen molar-refractivity contribution in [3.05, 3.63) is 29.3 Å². The molecule has 1 unspecified atom stereocenters. The number of esters is 1. The normalized spacial score (nSPS) is 19.6. The van der Waals surface area contributed by atoms with Gasteiger partial charge in [0.15, 0.2) is 0 Å². The molecule has 0 N–H and O–H groups in total. The fourth-order valence-corrected chi connectivity index (χ4v) is 4.44. The van der Waals surface area contributed by atoms with Gasteiger partial charge in [0.25, 0.3) is 6.10 Å². The number of anilines is 1. The molecular formula is C23H29F6N3O4. The van der Waals surface area contributed by atoms with Crippen molar-refractivity contribution in [2.24, 2.45) is 0 Å². The molecule has 1 aromatic rings. The summed E-state index contributed by atoms with van der Waals surface area (Å²) < 4.78 is 85.2. The Hall–Kier alpha value is -2.70. The number of nitrogens with zero attached hydrogens (tertiary/aromatic N) is 3. The molecule has 0 saturated carbocycles. The average Bonchev–Trinajstić information content (AvgIpc) is 3.27. The van der Waals surface area contributed by atoms with Gasteiger partial charge in [0.2, 0.25) is 0 Å². The van der Waals surface area contributed by atoms with Crippen LogP contribution in [0.3, 0.4) is 0 Å². The molecule has 1 atom stereocenters. The summed E-state index contributed by atoms with van der Waals surface area (Å²) in [7, 11) is 0. The molecule has 202 valence electrons. The van der Waals surface area contributed by atoms with Crippen LogP contribution < -0.4 is 4.90 Å². The molecule has 2 heterocycles. The molecule has 1 amide bonds. The molecule has 2 aliphatic heterocycles. The van der Waals surface area contributed by atoms with Crippen LogP contribution in [0.5, 0.6) is 0 Å². The maximum absolute atomic E-state index is 12.7. The molecule has 3 rings (SSSR count). The lowest BCUT2D eigenvalue weighted by Crippen LogP contribution is -2.52. The Morgan fingerprint density at radius 3 is 2.25 bits per heavy atom. The minimum absolute atomic E-state index is 0.0857. The number of hydrogen-bond acceptors (Lipinski definition) is 6. The highest BCUT2D eigenvalue weighted by Gasteiger charge is 2.60. The van der Waals surface area contributed by atoms with Gasteiger partial charge < -0.3 is 19.3 Å². The van der Waals surface area contributed by atoms with Gasteiger partial charge in [-0.2, -0.15) is 26.3 Å². The van der Waals surface area contributed by atoms with Crippen LogP contribution in [-0.4, -0.2) is 85.7 Å². The standard InChI is InChI=1S/C23H29F6N3O4/c1-3-35-19(33)17-5-4-8-32(17)18-13-15(2)6-7-16(18)14-30-9-11-31(12-10-30)21(34)36-20(22(24,25)26)23(27,28)29/h6-7,13,17,20H,3-5,8-12,14H2,1-2H3. The van der Waals surface area contributed by atoms with Crippen LogP contribution in [-0.2, 0) is 20.8 Å². The molecule has 2 saturated heterocycles. The maximum atomic E-state index is 12.7. The highest BCUT2D eigenvalue weighted by atomic mass is 19.4. The summed E-state index contributed by atoms with van der Waals surface area (Å²) in [5.74, 6) is -0.286. The van der Waals surface area contributed by atoms with Crippen molar-refractivity contribution in [1.82, 2.24) is 9.80 Å². The third-order valence-corrected chi connectivity index (χ3v) is 6.20. The maximum Gasteiger partial charge on any atom is 0.434 e. The van der Waals surface area contributed by atoms with Crippen LogP contribution in [0.15, 0.2) is 18.2 Å². The van der Waals surface area contributed by atoms with Gasteiger partial charge in [-0.15, -0.1) is 0 Å². The number of alkyl halides is 6. The number of amides is 1. The van der Waals surface area contributed by atoms with Crippen molar-refractivity contribution in [3.8, 4) is 0 Å². The number of carbonyl (C=O) groups excluding carboxylic acids is 2. The molecule has 13 heteroatoms. The first-order valence-corrected chi connectivity index (χ1v) is 11.7. The summed E-state index contributed by atoms with van der Waals surface area (Å²) in [5.41, 5.74) is 2.80. The van der Waals surface area contributed by atoms with Crippen molar-refractivity contribution in [3.63, 3.8) is 0 Å². The third-order valence-electron chi connectivity index (χ3n) is 6.20. The monoisotopic (exact) mass is 525 g/mol. The third kappa shape index (κ3) is 6.74. The van der Waals surface area contributed by atoms with Crippen molar-refractivity contribution >= 4 is 17.7 Å². The van der Waals surface area contributed by atoms with Crippen molar-refractivity contribution in [2.45, 2.75) is 57.7 Å². The van der Waals surface area contributed by atoms with Crippen LogP contribution in [0.1, 0.15) is 30.9 Å². The van der Waals surface area contributed by atoms with Gasteiger partial charge in [-0.25, -0.2) is 9.59 Å². The van der Waals surface area contributed by atoms with E-state index in [0.717, 1.165) is 28.1 Å². The predicted octanol–water partition coefficient (Wildman–Crippen LogP) is 4.27. The minimum Gasteiger partial charge on any atom is -0.464 e. The fourth-order valence-electron chi connectivity index (χ4n) is 4.44. The Morgan fingerprint density at radius 1 is 1.03 bits per heavy atom. The van der Waals surface area contributed by atoms with E-state index < -0.39 is 30.6 Å². The van der Waals surface area contributed by atoms with Crippen LogP contribution in [0.25, 0.3) is 0 Å². The summed E-state index contributed by atoms with van der Waals surface area (Å²) in [6.07, 6.45) is -15.8. The zero-order valence-electron chi connectivity index (χ0n) is 20.0. The summed E-state index contributed by atoms with van der Waals surface area (Å²) in [5, 5.41) is 0. The van der Waals surface area contributed by atoms with E-state index in [1.54, 1.807) is 6.92 Å². The van der Waals surface area contributed by atoms with Gasteiger partial charge in [-0.3, -0.25) is 4.90 Å². The predicted molar refractivity (Wildman–Crippen MR) is 117 cm³/mol. The van der Waals surface area contributed by atoms with E-state index in [4.69, 9.17) is 4.74 Å². The van der Waals surface area contributed by atoms with E-state index in [0.29, 0.717) is 19.5 Å². The number of benzene rings is 1. The van der Waals surface area contributed by atoms with E-state index >= 15 is 0 Å². The summed E-state index contributed by atoms with van der Waals surface area (Å²) in [4.78, 5) is 29.3. The van der Waals surface area contributed by atoms with Crippen molar-refractivity contribution < 1.29 is 45.4 Å². The number of hydrogen-bond donors (Lipinski definition) is 0. The quantitative estimate of drug-likeness (QED) is 0.409. The second-order valence-corrected chi connectivity index (χ2v) is 8.85. The van der Waals surface area contributed by atoms with Gasteiger partial charge >= 0.3 is 24.4 Å². The molecule has 0 bridgehead atoms. The van der Waals surface area contributed by atoms with Gasteiger partial charge in [-0.05, 0) is 43.9 Å². The van der Waals surface area contributed by atoms with Crippen molar-refractivity contribution in [2.75, 3.05) is 44.2 Å². The van der Waals surface area contributed by atoms with Crippen LogP contribution in [0, 0.1) is 6.92 Å². The van der Waals surface area contributed by atoms with Crippen molar-refractivity contribution in [1.29, 1.82) is 0 Å². The number of halogens is 6. The second-order valence-electron chi connectivity index (χ2n) is 8.85. The van der Waals surface area contributed by atoms with Crippen LogP contribution in [0.4, 0.5) is 36.8 Å². The van der Waals surface area contributed by atoms with E-state index in [2.05, 4.69) is 4.74 Å². The van der Waals surface area contributed by atoms with Gasteiger partial charge in [0, 0.05) is 45.0 Å². The second kappa shape index (κ2) is 11.1. The zero-order chi connectivity index (χ0) is 26.7. The van der Waals surface area contributed by atoms with E-state index in [-0.39, 0.29) is 38.8 Å². The minimum atomic E-state index is -5.76. The first-order chi connectivity index (χ1) is 16.8.